The average Bonchev–Trinajstić information content (AvgIpc) is 2.16. The summed E-state index contributed by atoms with van der Waals surface area (Å²) in [5, 5.41) is 12.5. The van der Waals surface area contributed by atoms with Gasteiger partial charge in [-0.15, -0.1) is 0 Å². The summed E-state index contributed by atoms with van der Waals surface area (Å²) in [6, 6.07) is -0.556. The van der Waals surface area contributed by atoms with Crippen molar-refractivity contribution >= 4 is 11.7 Å². The first-order chi connectivity index (χ1) is 7.31. The lowest BCUT2D eigenvalue weighted by atomic mass is 9.92. The molecular formula is C11H22N2O3. The van der Waals surface area contributed by atoms with Crippen LogP contribution in [0.1, 0.15) is 20.3 Å². The molecule has 0 fully saturated rings. The molecule has 0 aromatic rings. The van der Waals surface area contributed by atoms with Gasteiger partial charge in [-0.1, -0.05) is 6.92 Å². The second kappa shape index (κ2) is 6.60. The number of carbonyl (C=O) groups excluding carboxylic acids is 2. The lowest BCUT2D eigenvalue weighted by molar-refractivity contribution is -0.129. The van der Waals surface area contributed by atoms with Gasteiger partial charge in [0.1, 0.15) is 5.78 Å². The Morgan fingerprint density at radius 1 is 1.38 bits per heavy atom. The van der Waals surface area contributed by atoms with Gasteiger partial charge in [-0.05, 0) is 26.9 Å². The molecule has 5 heteroatoms. The van der Waals surface area contributed by atoms with Crippen molar-refractivity contribution in [2.24, 2.45) is 5.92 Å². The number of rotatable bonds is 6. The number of carbonyl (C=O) groups is 2. The zero-order valence-corrected chi connectivity index (χ0v) is 10.7. The van der Waals surface area contributed by atoms with E-state index in [1.807, 2.05) is 0 Å². The monoisotopic (exact) mass is 230 g/mol. The van der Waals surface area contributed by atoms with Gasteiger partial charge in [0.05, 0.1) is 12.1 Å². The Morgan fingerprint density at radius 2 is 1.88 bits per heavy atom. The topological polar surface area (TPSA) is 69.6 Å². The Morgan fingerprint density at radius 3 is 2.19 bits per heavy atom. The van der Waals surface area contributed by atoms with Crippen LogP contribution in [0.25, 0.3) is 0 Å². The minimum Gasteiger partial charge on any atom is -0.391 e. The zero-order chi connectivity index (χ0) is 12.9. The largest absolute Gasteiger partial charge is 0.391 e. The molecule has 0 aliphatic rings. The van der Waals surface area contributed by atoms with Crippen molar-refractivity contribution < 1.29 is 14.7 Å². The maximum absolute atomic E-state index is 11.4. The molecule has 16 heavy (non-hydrogen) atoms. The average molecular weight is 230 g/mol. The highest BCUT2D eigenvalue weighted by Gasteiger charge is 2.30. The predicted molar refractivity (Wildman–Crippen MR) is 62.0 cm³/mol. The molecule has 0 aromatic carbocycles. The van der Waals surface area contributed by atoms with E-state index in [2.05, 4.69) is 5.32 Å². The molecule has 1 amide bonds. The van der Waals surface area contributed by atoms with Crippen LogP contribution < -0.4 is 5.32 Å². The minimum absolute atomic E-state index is 0.0961. The Balaban J connectivity index is 4.55. The summed E-state index contributed by atoms with van der Waals surface area (Å²) < 4.78 is 0. The fraction of sp³-hybridized carbons (Fsp3) is 0.818. The van der Waals surface area contributed by atoms with Gasteiger partial charge in [-0.25, -0.2) is 0 Å². The summed E-state index contributed by atoms with van der Waals surface area (Å²) in [7, 11) is 5.03. The number of aliphatic hydroxyl groups excluding tert-OH is 1. The number of hydrogen-bond acceptors (Lipinski definition) is 4. The van der Waals surface area contributed by atoms with Crippen LogP contribution in [0.2, 0.25) is 0 Å². The van der Waals surface area contributed by atoms with Gasteiger partial charge in [-0.2, -0.15) is 0 Å². The van der Waals surface area contributed by atoms with Crippen molar-refractivity contribution in [1.29, 1.82) is 0 Å². The summed E-state index contributed by atoms with van der Waals surface area (Å²) in [5.41, 5.74) is 0. The van der Waals surface area contributed by atoms with Gasteiger partial charge in [0.2, 0.25) is 5.91 Å². The number of nitrogens with zero attached hydrogens (tertiary/aromatic N) is 1. The highest BCUT2D eigenvalue weighted by molar-refractivity contribution is 5.82. The van der Waals surface area contributed by atoms with E-state index in [0.29, 0.717) is 0 Å². The highest BCUT2D eigenvalue weighted by Crippen LogP contribution is 2.15. The van der Waals surface area contributed by atoms with Gasteiger partial charge in [0, 0.05) is 13.5 Å². The van der Waals surface area contributed by atoms with Crippen LogP contribution in [0.3, 0.4) is 0 Å². The third kappa shape index (κ3) is 4.28. The molecule has 0 radical (unpaired) electrons. The zero-order valence-electron chi connectivity index (χ0n) is 10.7. The fourth-order valence-corrected chi connectivity index (χ4v) is 1.74. The molecule has 94 valence electrons. The molecule has 0 saturated carbocycles. The van der Waals surface area contributed by atoms with E-state index in [-0.39, 0.29) is 24.0 Å². The van der Waals surface area contributed by atoms with Crippen molar-refractivity contribution in [2.75, 3.05) is 21.1 Å². The molecule has 0 rings (SSSR count). The molecule has 3 atom stereocenters. The van der Waals surface area contributed by atoms with E-state index < -0.39 is 12.1 Å². The van der Waals surface area contributed by atoms with Crippen molar-refractivity contribution in [1.82, 2.24) is 10.2 Å². The molecular weight excluding hydrogens is 208 g/mol. The molecule has 0 spiro atoms. The van der Waals surface area contributed by atoms with Crippen molar-refractivity contribution in [3.05, 3.63) is 0 Å². The smallest absolute Gasteiger partial charge is 0.220 e. The van der Waals surface area contributed by atoms with Crippen LogP contribution in [-0.4, -0.2) is 55.0 Å². The molecule has 2 N–H and O–H groups in total. The van der Waals surface area contributed by atoms with Crippen LogP contribution >= 0.6 is 0 Å². The molecule has 0 aliphatic heterocycles. The molecule has 5 nitrogen and oxygen atoms in total. The van der Waals surface area contributed by atoms with Gasteiger partial charge in [-0.3, -0.25) is 14.5 Å². The Bertz CT molecular complexity index is 254. The molecule has 0 saturated heterocycles. The number of hydrogen-bond donors (Lipinski definition) is 2. The number of likely N-dealkylation sites (N-methyl/N-ethyl adjacent to an activating group) is 1. The summed E-state index contributed by atoms with van der Waals surface area (Å²) in [4.78, 5) is 24.2. The Kier molecular flexibility index (Phi) is 6.21. The van der Waals surface area contributed by atoms with Crippen LogP contribution in [-0.2, 0) is 9.59 Å². The summed E-state index contributed by atoms with van der Waals surface area (Å²) >= 11 is 0. The van der Waals surface area contributed by atoms with Gasteiger partial charge < -0.3 is 10.4 Å². The summed E-state index contributed by atoms with van der Waals surface area (Å²) in [5.74, 6) is -0.481. The standard InChI is InChI=1S/C11H22N2O3/c1-7(6-9(15)12-3)11(16)10(8(2)14)13(4)5/h7,10-11,16H,6H2,1-5H3,(H,12,15)/t7-,10-,11?/m1/s1. The maximum Gasteiger partial charge on any atom is 0.220 e. The van der Waals surface area contributed by atoms with Crippen LogP contribution in [0.5, 0.6) is 0 Å². The number of aliphatic hydroxyl groups is 1. The van der Waals surface area contributed by atoms with Crippen molar-refractivity contribution in [3.63, 3.8) is 0 Å². The minimum atomic E-state index is -0.829. The van der Waals surface area contributed by atoms with E-state index in [0.717, 1.165) is 0 Å². The van der Waals surface area contributed by atoms with Crippen molar-refractivity contribution in [3.8, 4) is 0 Å². The quantitative estimate of drug-likeness (QED) is 0.654. The van der Waals surface area contributed by atoms with E-state index in [9.17, 15) is 14.7 Å². The number of nitrogens with one attached hydrogen (secondary N) is 1. The van der Waals surface area contributed by atoms with E-state index in [4.69, 9.17) is 0 Å². The second-order valence-corrected chi connectivity index (χ2v) is 4.36. The molecule has 0 aromatic heterocycles. The van der Waals surface area contributed by atoms with Crippen LogP contribution in [0.4, 0.5) is 0 Å². The third-order valence-electron chi connectivity index (χ3n) is 2.67. The fourth-order valence-electron chi connectivity index (χ4n) is 1.74. The first-order valence-electron chi connectivity index (χ1n) is 5.36. The Labute approximate surface area is 96.8 Å². The molecule has 0 bridgehead atoms. The predicted octanol–water partition coefficient (Wildman–Crippen LogP) is -0.361. The van der Waals surface area contributed by atoms with Gasteiger partial charge >= 0.3 is 0 Å². The van der Waals surface area contributed by atoms with E-state index in [1.54, 1.807) is 33.0 Å². The molecule has 1 unspecified atom stereocenters. The number of ketones is 1. The van der Waals surface area contributed by atoms with E-state index in [1.165, 1.54) is 6.92 Å². The van der Waals surface area contributed by atoms with Gasteiger partial charge in [0.15, 0.2) is 0 Å². The lowest BCUT2D eigenvalue weighted by Gasteiger charge is -2.30. The van der Waals surface area contributed by atoms with Gasteiger partial charge in [0.25, 0.3) is 0 Å². The Hall–Kier alpha value is -0.940. The SMILES string of the molecule is CNC(=O)C[C@@H](C)C(O)[C@@H](C(C)=O)N(C)C. The second-order valence-electron chi connectivity index (χ2n) is 4.36. The number of Topliss-reactive ketones (excluding diaryl/α,β-unsaturated/α-hetero) is 1. The lowest BCUT2D eigenvalue weighted by Crippen LogP contribution is -2.47. The summed E-state index contributed by atoms with van der Waals surface area (Å²) in [6.07, 6.45) is -0.611. The van der Waals surface area contributed by atoms with Crippen LogP contribution in [0, 0.1) is 5.92 Å². The number of amides is 1. The van der Waals surface area contributed by atoms with Crippen molar-refractivity contribution in [2.45, 2.75) is 32.4 Å². The highest BCUT2D eigenvalue weighted by atomic mass is 16.3. The third-order valence-corrected chi connectivity index (χ3v) is 2.67. The van der Waals surface area contributed by atoms with E-state index >= 15 is 0 Å². The molecule has 0 aliphatic carbocycles. The normalized spacial score (nSPS) is 16.7. The van der Waals surface area contributed by atoms with Crippen LogP contribution in [0.15, 0.2) is 0 Å². The maximum atomic E-state index is 11.4. The summed E-state index contributed by atoms with van der Waals surface area (Å²) in [6.45, 7) is 3.21. The molecule has 0 heterocycles. The first kappa shape index (κ1) is 15.1. The first-order valence-corrected chi connectivity index (χ1v) is 5.36.